The van der Waals surface area contributed by atoms with E-state index < -0.39 is 5.97 Å². The van der Waals surface area contributed by atoms with Gasteiger partial charge in [0.1, 0.15) is 0 Å². The van der Waals surface area contributed by atoms with E-state index in [1.807, 2.05) is 6.92 Å². The fourth-order valence-electron chi connectivity index (χ4n) is 1.50. The van der Waals surface area contributed by atoms with E-state index in [4.69, 9.17) is 21.4 Å². The monoisotopic (exact) mass is 257 g/mol. The molecule has 94 valence electrons. The van der Waals surface area contributed by atoms with E-state index in [1.165, 1.54) is 6.07 Å². The van der Waals surface area contributed by atoms with Crippen LogP contribution in [0.25, 0.3) is 0 Å². The van der Waals surface area contributed by atoms with Gasteiger partial charge in [0.2, 0.25) is 0 Å². The molecule has 1 rings (SSSR count). The van der Waals surface area contributed by atoms with Crippen molar-refractivity contribution in [2.45, 2.75) is 19.4 Å². The van der Waals surface area contributed by atoms with Crippen molar-refractivity contribution in [3.05, 3.63) is 28.8 Å². The number of ether oxygens (including phenoxy) is 1. The predicted molar refractivity (Wildman–Crippen MR) is 68.0 cm³/mol. The summed E-state index contributed by atoms with van der Waals surface area (Å²) in [5.41, 5.74) is 0.734. The van der Waals surface area contributed by atoms with E-state index in [9.17, 15) is 4.79 Å². The Balaban J connectivity index is 2.92. The molecule has 1 atom stereocenters. The number of halogens is 1. The minimum atomic E-state index is -0.998. The summed E-state index contributed by atoms with van der Waals surface area (Å²) in [6, 6.07) is 4.85. The smallest absolute Gasteiger partial charge is 0.337 e. The number of benzene rings is 1. The fraction of sp³-hybridized carbons (Fsp3) is 0.417. The number of methoxy groups -OCH3 is 1. The van der Waals surface area contributed by atoms with Crippen LogP contribution < -0.4 is 5.32 Å². The summed E-state index contributed by atoms with van der Waals surface area (Å²) >= 11 is 5.78. The molecule has 0 aliphatic heterocycles. The van der Waals surface area contributed by atoms with E-state index in [1.54, 1.807) is 19.2 Å². The van der Waals surface area contributed by atoms with Crippen molar-refractivity contribution < 1.29 is 14.6 Å². The molecule has 0 radical (unpaired) electrons. The Morgan fingerprint density at radius 2 is 2.29 bits per heavy atom. The van der Waals surface area contributed by atoms with Gasteiger partial charge in [0.15, 0.2) is 0 Å². The highest BCUT2D eigenvalue weighted by Crippen LogP contribution is 2.21. The average Bonchev–Trinajstić information content (AvgIpc) is 2.30. The highest BCUT2D eigenvalue weighted by Gasteiger charge is 2.13. The molecule has 17 heavy (non-hydrogen) atoms. The summed E-state index contributed by atoms with van der Waals surface area (Å²) in [6.45, 7) is 2.53. The van der Waals surface area contributed by atoms with E-state index in [-0.39, 0.29) is 11.6 Å². The van der Waals surface area contributed by atoms with E-state index in [0.29, 0.717) is 17.3 Å². The third kappa shape index (κ3) is 3.91. The maximum absolute atomic E-state index is 11.1. The number of carbonyl (C=O) groups is 1. The largest absolute Gasteiger partial charge is 0.478 e. The van der Waals surface area contributed by atoms with Gasteiger partial charge in [-0.25, -0.2) is 4.79 Å². The van der Waals surface area contributed by atoms with Crippen LogP contribution in [-0.2, 0) is 4.74 Å². The van der Waals surface area contributed by atoms with Crippen LogP contribution in [0.1, 0.15) is 23.7 Å². The zero-order chi connectivity index (χ0) is 12.8. The lowest BCUT2D eigenvalue weighted by atomic mass is 10.1. The van der Waals surface area contributed by atoms with Crippen molar-refractivity contribution in [1.29, 1.82) is 0 Å². The van der Waals surface area contributed by atoms with Gasteiger partial charge >= 0.3 is 5.97 Å². The van der Waals surface area contributed by atoms with Gasteiger partial charge < -0.3 is 15.2 Å². The maximum Gasteiger partial charge on any atom is 0.337 e. The molecular weight excluding hydrogens is 242 g/mol. The van der Waals surface area contributed by atoms with Crippen molar-refractivity contribution in [1.82, 2.24) is 0 Å². The van der Waals surface area contributed by atoms with Gasteiger partial charge in [0.25, 0.3) is 0 Å². The molecule has 2 N–H and O–H groups in total. The van der Waals surface area contributed by atoms with Crippen LogP contribution in [0.3, 0.4) is 0 Å². The van der Waals surface area contributed by atoms with Crippen LogP contribution in [0, 0.1) is 0 Å². The van der Waals surface area contributed by atoms with Crippen LogP contribution in [0.2, 0.25) is 5.02 Å². The van der Waals surface area contributed by atoms with E-state index >= 15 is 0 Å². The number of hydrogen-bond donors (Lipinski definition) is 2. The molecule has 0 spiro atoms. The first-order valence-electron chi connectivity index (χ1n) is 5.36. The second kappa shape index (κ2) is 6.47. The SMILES string of the molecule is CCC(COC)Nc1ccc(Cl)cc1C(=O)O. The first-order chi connectivity index (χ1) is 8.08. The summed E-state index contributed by atoms with van der Waals surface area (Å²) in [7, 11) is 1.62. The summed E-state index contributed by atoms with van der Waals surface area (Å²) in [5.74, 6) is -0.998. The Morgan fingerprint density at radius 1 is 1.59 bits per heavy atom. The molecule has 0 saturated carbocycles. The summed E-state index contributed by atoms with van der Waals surface area (Å²) in [5, 5.41) is 12.6. The molecule has 0 aliphatic rings. The quantitative estimate of drug-likeness (QED) is 0.823. The average molecular weight is 258 g/mol. The highest BCUT2D eigenvalue weighted by atomic mass is 35.5. The second-order valence-electron chi connectivity index (χ2n) is 3.70. The lowest BCUT2D eigenvalue weighted by molar-refractivity contribution is 0.0697. The van der Waals surface area contributed by atoms with Gasteiger partial charge in [-0.15, -0.1) is 0 Å². The molecule has 1 aromatic carbocycles. The third-order valence-electron chi connectivity index (χ3n) is 2.43. The molecule has 0 heterocycles. The molecule has 5 heteroatoms. The Kier molecular flexibility index (Phi) is 5.25. The van der Waals surface area contributed by atoms with Crippen LogP contribution >= 0.6 is 11.6 Å². The van der Waals surface area contributed by atoms with Gasteiger partial charge in [-0.1, -0.05) is 18.5 Å². The molecular formula is C12H16ClNO3. The van der Waals surface area contributed by atoms with Gasteiger partial charge in [-0.3, -0.25) is 0 Å². The Morgan fingerprint density at radius 3 is 2.82 bits per heavy atom. The van der Waals surface area contributed by atoms with E-state index in [0.717, 1.165) is 6.42 Å². The number of aromatic carboxylic acids is 1. The first kappa shape index (κ1) is 13.8. The zero-order valence-electron chi connectivity index (χ0n) is 9.87. The van der Waals surface area contributed by atoms with Crippen molar-refractivity contribution in [3.8, 4) is 0 Å². The predicted octanol–water partition coefficient (Wildman–Crippen LogP) is 2.88. The molecule has 0 aromatic heterocycles. The molecule has 4 nitrogen and oxygen atoms in total. The summed E-state index contributed by atoms with van der Waals surface area (Å²) in [4.78, 5) is 11.1. The number of nitrogens with one attached hydrogen (secondary N) is 1. The molecule has 0 amide bonds. The minimum Gasteiger partial charge on any atom is -0.478 e. The number of rotatable bonds is 6. The van der Waals surface area contributed by atoms with Crippen LogP contribution in [0.5, 0.6) is 0 Å². The van der Waals surface area contributed by atoms with Crippen LogP contribution in [0.4, 0.5) is 5.69 Å². The molecule has 0 fully saturated rings. The Bertz CT molecular complexity index is 395. The topological polar surface area (TPSA) is 58.6 Å². The standard InChI is InChI=1S/C12H16ClNO3/c1-3-9(7-17-2)14-11-5-4-8(13)6-10(11)12(15)16/h4-6,9,14H,3,7H2,1-2H3,(H,15,16). The third-order valence-corrected chi connectivity index (χ3v) is 2.67. The lowest BCUT2D eigenvalue weighted by Gasteiger charge is -2.18. The fourth-order valence-corrected chi connectivity index (χ4v) is 1.67. The van der Waals surface area contributed by atoms with Crippen molar-refractivity contribution >= 4 is 23.3 Å². The van der Waals surface area contributed by atoms with Crippen molar-refractivity contribution in [2.24, 2.45) is 0 Å². The molecule has 0 saturated heterocycles. The molecule has 1 aromatic rings. The highest BCUT2D eigenvalue weighted by molar-refractivity contribution is 6.31. The van der Waals surface area contributed by atoms with Crippen molar-refractivity contribution in [3.63, 3.8) is 0 Å². The normalized spacial score (nSPS) is 12.2. The molecule has 0 bridgehead atoms. The number of hydrogen-bond acceptors (Lipinski definition) is 3. The summed E-state index contributed by atoms with van der Waals surface area (Å²) in [6.07, 6.45) is 0.843. The molecule has 1 unspecified atom stereocenters. The molecule has 0 aliphatic carbocycles. The van der Waals surface area contributed by atoms with Gasteiger partial charge in [-0.05, 0) is 24.6 Å². The van der Waals surface area contributed by atoms with Gasteiger partial charge in [0, 0.05) is 23.9 Å². The Hall–Kier alpha value is -1.26. The zero-order valence-corrected chi connectivity index (χ0v) is 10.6. The number of carboxylic acids is 1. The van der Waals surface area contributed by atoms with Gasteiger partial charge in [-0.2, -0.15) is 0 Å². The maximum atomic E-state index is 11.1. The van der Waals surface area contributed by atoms with Gasteiger partial charge in [0.05, 0.1) is 12.2 Å². The van der Waals surface area contributed by atoms with Crippen molar-refractivity contribution in [2.75, 3.05) is 19.0 Å². The summed E-state index contributed by atoms with van der Waals surface area (Å²) < 4.78 is 5.06. The Labute approximate surface area is 106 Å². The number of carboxylic acid groups (broad SMARTS) is 1. The first-order valence-corrected chi connectivity index (χ1v) is 5.74. The second-order valence-corrected chi connectivity index (χ2v) is 4.14. The number of anilines is 1. The van der Waals surface area contributed by atoms with E-state index in [2.05, 4.69) is 5.32 Å². The van der Waals surface area contributed by atoms with Crippen LogP contribution in [-0.4, -0.2) is 30.8 Å². The lowest BCUT2D eigenvalue weighted by Crippen LogP contribution is -2.25. The minimum absolute atomic E-state index is 0.0827. The van der Waals surface area contributed by atoms with Crippen LogP contribution in [0.15, 0.2) is 18.2 Å².